The fraction of sp³-hybridized carbons (Fsp3) is 0.625. The van der Waals surface area contributed by atoms with Crippen LogP contribution in [0.1, 0.15) is 32.6 Å². The van der Waals surface area contributed by atoms with Crippen molar-refractivity contribution in [2.75, 3.05) is 13.7 Å². The van der Waals surface area contributed by atoms with Crippen molar-refractivity contribution in [3.63, 3.8) is 0 Å². The predicted molar refractivity (Wildman–Crippen MR) is 88.1 cm³/mol. The number of aliphatic imine (C=N–C) groups is 1. The zero-order chi connectivity index (χ0) is 17.7. The summed E-state index contributed by atoms with van der Waals surface area (Å²) in [4.78, 5) is 42.3. The maximum absolute atomic E-state index is 12.6. The lowest BCUT2D eigenvalue weighted by Gasteiger charge is -2.27. The first-order valence-electron chi connectivity index (χ1n) is 8.10. The maximum Gasteiger partial charge on any atom is 0.328 e. The van der Waals surface area contributed by atoms with Crippen molar-refractivity contribution in [2.45, 2.75) is 50.7 Å². The van der Waals surface area contributed by atoms with E-state index < -0.39 is 24.1 Å². The topological polar surface area (TPSA) is 114 Å². The van der Waals surface area contributed by atoms with Gasteiger partial charge in [0.2, 0.25) is 11.8 Å². The molecule has 2 aliphatic rings. The first kappa shape index (κ1) is 18.1. The number of rotatable bonds is 6. The lowest BCUT2D eigenvalue weighted by atomic mass is 10.1. The molecule has 0 radical (unpaired) electrons. The Morgan fingerprint density at radius 3 is 2.83 bits per heavy atom. The van der Waals surface area contributed by atoms with Gasteiger partial charge in [-0.1, -0.05) is 6.08 Å². The third-order valence-electron chi connectivity index (χ3n) is 4.16. The summed E-state index contributed by atoms with van der Waals surface area (Å²) in [5.74, 6) is -1.15. The van der Waals surface area contributed by atoms with Gasteiger partial charge in [-0.2, -0.15) is 0 Å². The van der Waals surface area contributed by atoms with Crippen LogP contribution in [0.15, 0.2) is 16.8 Å². The molecular formula is C16H24N4O4. The number of amides is 2. The van der Waals surface area contributed by atoms with E-state index in [-0.39, 0.29) is 18.2 Å². The number of ether oxygens (including phenoxy) is 1. The Balaban J connectivity index is 2.04. The number of nitrogens with one attached hydrogen (secondary N) is 1. The minimum Gasteiger partial charge on any atom is -0.467 e. The number of hydrogen-bond acceptors (Lipinski definition) is 6. The summed E-state index contributed by atoms with van der Waals surface area (Å²) in [6.07, 6.45) is 5.91. The highest BCUT2D eigenvalue weighted by molar-refractivity contribution is 5.92. The van der Waals surface area contributed by atoms with Crippen molar-refractivity contribution >= 4 is 24.0 Å². The molecule has 132 valence electrons. The van der Waals surface area contributed by atoms with E-state index >= 15 is 0 Å². The molecule has 3 atom stereocenters. The van der Waals surface area contributed by atoms with Gasteiger partial charge in [0.1, 0.15) is 12.1 Å². The summed E-state index contributed by atoms with van der Waals surface area (Å²) in [7, 11) is 1.27. The van der Waals surface area contributed by atoms with Crippen LogP contribution in [0.2, 0.25) is 0 Å². The highest BCUT2D eigenvalue weighted by atomic mass is 16.5. The van der Waals surface area contributed by atoms with E-state index in [0.717, 1.165) is 18.5 Å². The third-order valence-corrected chi connectivity index (χ3v) is 4.16. The lowest BCUT2D eigenvalue weighted by molar-refractivity contribution is -0.146. The molecule has 0 spiro atoms. The van der Waals surface area contributed by atoms with Crippen molar-refractivity contribution in [1.29, 1.82) is 0 Å². The quantitative estimate of drug-likeness (QED) is 0.648. The van der Waals surface area contributed by atoms with Gasteiger partial charge in [-0.15, -0.1) is 0 Å². The molecule has 2 amide bonds. The van der Waals surface area contributed by atoms with Gasteiger partial charge in [-0.05, 0) is 19.8 Å². The van der Waals surface area contributed by atoms with Crippen LogP contribution in [0.25, 0.3) is 0 Å². The molecule has 2 aliphatic heterocycles. The predicted octanol–water partition coefficient (Wildman–Crippen LogP) is -0.269. The number of nitrogens with two attached hydrogens (primary N) is 1. The van der Waals surface area contributed by atoms with Crippen molar-refractivity contribution < 1.29 is 19.1 Å². The van der Waals surface area contributed by atoms with Crippen LogP contribution in [-0.4, -0.2) is 60.7 Å². The second kappa shape index (κ2) is 8.05. The first-order valence-corrected chi connectivity index (χ1v) is 8.10. The lowest BCUT2D eigenvalue weighted by Crippen LogP contribution is -2.53. The molecule has 2 heterocycles. The third kappa shape index (κ3) is 4.19. The average Bonchev–Trinajstić information content (AvgIpc) is 3.23. The van der Waals surface area contributed by atoms with Gasteiger partial charge >= 0.3 is 5.97 Å². The number of methoxy groups -OCH3 is 1. The molecule has 2 rings (SSSR count). The number of hydrogen-bond donors (Lipinski definition) is 2. The highest BCUT2D eigenvalue weighted by Crippen LogP contribution is 2.19. The van der Waals surface area contributed by atoms with E-state index in [9.17, 15) is 14.4 Å². The maximum atomic E-state index is 12.6. The molecular weight excluding hydrogens is 312 g/mol. The van der Waals surface area contributed by atoms with Crippen LogP contribution in [0.5, 0.6) is 0 Å². The molecule has 0 aromatic heterocycles. The molecule has 0 saturated carbocycles. The summed E-state index contributed by atoms with van der Waals surface area (Å²) in [5, 5.41) is 2.70. The van der Waals surface area contributed by atoms with Crippen molar-refractivity contribution in [2.24, 2.45) is 10.7 Å². The second-order valence-corrected chi connectivity index (χ2v) is 6.01. The highest BCUT2D eigenvalue weighted by Gasteiger charge is 2.37. The molecule has 0 aromatic rings. The number of nitrogens with zero attached hydrogens (tertiary/aromatic N) is 2. The number of esters is 1. The summed E-state index contributed by atoms with van der Waals surface area (Å²) in [6, 6.07) is -2.08. The van der Waals surface area contributed by atoms with Crippen molar-refractivity contribution in [3.8, 4) is 0 Å². The van der Waals surface area contributed by atoms with E-state index in [1.165, 1.54) is 12.0 Å². The van der Waals surface area contributed by atoms with Crippen molar-refractivity contribution in [3.05, 3.63) is 11.8 Å². The molecule has 0 unspecified atom stereocenters. The van der Waals surface area contributed by atoms with Gasteiger partial charge in [-0.25, -0.2) is 4.79 Å². The fourth-order valence-corrected chi connectivity index (χ4v) is 2.92. The Bertz CT molecular complexity index is 570. The Kier molecular flexibility index (Phi) is 6.08. The summed E-state index contributed by atoms with van der Waals surface area (Å²) < 4.78 is 4.77. The van der Waals surface area contributed by atoms with Crippen LogP contribution in [0, 0.1) is 0 Å². The van der Waals surface area contributed by atoms with E-state index in [2.05, 4.69) is 10.3 Å². The second-order valence-electron chi connectivity index (χ2n) is 6.01. The Labute approximate surface area is 141 Å². The van der Waals surface area contributed by atoms with E-state index in [1.54, 1.807) is 13.1 Å². The minimum atomic E-state index is -0.822. The molecule has 0 aliphatic carbocycles. The minimum absolute atomic E-state index is 0.259. The molecule has 3 N–H and O–H groups in total. The Morgan fingerprint density at radius 2 is 2.25 bits per heavy atom. The SMILES string of the molecule is COC(=O)[C@H](CC1=CCC=N1)NC(=O)[C@@H]1CCCN1C(=O)[C@@H](C)N. The monoisotopic (exact) mass is 336 g/mol. The Hall–Kier alpha value is -2.22. The number of likely N-dealkylation sites (tertiary alicyclic amines) is 1. The van der Waals surface area contributed by atoms with Crippen LogP contribution in [0.3, 0.4) is 0 Å². The first-order chi connectivity index (χ1) is 11.4. The van der Waals surface area contributed by atoms with Gasteiger partial charge in [-0.3, -0.25) is 14.6 Å². The normalized spacial score (nSPS) is 22.0. The van der Waals surface area contributed by atoms with Gasteiger partial charge in [0.15, 0.2) is 0 Å². The summed E-state index contributed by atoms with van der Waals surface area (Å²) >= 11 is 0. The molecule has 0 bridgehead atoms. The molecule has 24 heavy (non-hydrogen) atoms. The Morgan fingerprint density at radius 1 is 1.50 bits per heavy atom. The molecule has 8 heteroatoms. The zero-order valence-corrected chi connectivity index (χ0v) is 14.0. The fourth-order valence-electron chi connectivity index (χ4n) is 2.92. The molecule has 1 fully saturated rings. The van der Waals surface area contributed by atoms with Crippen molar-refractivity contribution in [1.82, 2.24) is 10.2 Å². The standard InChI is InChI=1S/C16H24N4O4/c1-10(17)15(22)20-8-4-6-13(20)14(21)19-12(16(23)24-2)9-11-5-3-7-18-11/h5,7,10,12-13H,3-4,6,8-9,17H2,1-2H3,(H,19,21)/t10-,12+,13+/m1/s1. The molecule has 1 saturated heterocycles. The van der Waals surface area contributed by atoms with Gasteiger partial charge in [0.25, 0.3) is 0 Å². The van der Waals surface area contributed by atoms with Gasteiger partial charge < -0.3 is 20.7 Å². The van der Waals surface area contributed by atoms with Gasteiger partial charge in [0, 0.05) is 31.3 Å². The van der Waals surface area contributed by atoms with E-state index in [4.69, 9.17) is 10.5 Å². The smallest absolute Gasteiger partial charge is 0.328 e. The number of allylic oxidation sites excluding steroid dienone is 1. The summed E-state index contributed by atoms with van der Waals surface area (Å²) in [6.45, 7) is 2.09. The number of carbonyl (C=O) groups excluding carboxylic acids is 3. The van der Waals surface area contributed by atoms with E-state index in [0.29, 0.717) is 13.0 Å². The van der Waals surface area contributed by atoms with Crippen LogP contribution in [0.4, 0.5) is 0 Å². The van der Waals surface area contributed by atoms with Crippen LogP contribution in [-0.2, 0) is 19.1 Å². The van der Waals surface area contributed by atoms with E-state index in [1.807, 2.05) is 6.08 Å². The largest absolute Gasteiger partial charge is 0.467 e. The molecule has 8 nitrogen and oxygen atoms in total. The molecule has 0 aromatic carbocycles. The summed E-state index contributed by atoms with van der Waals surface area (Å²) in [5.41, 5.74) is 6.37. The van der Waals surface area contributed by atoms with Crippen LogP contribution >= 0.6 is 0 Å². The number of carbonyl (C=O) groups is 3. The zero-order valence-electron chi connectivity index (χ0n) is 14.0. The van der Waals surface area contributed by atoms with Gasteiger partial charge in [0.05, 0.1) is 13.2 Å². The average molecular weight is 336 g/mol. The van der Waals surface area contributed by atoms with Crippen LogP contribution < -0.4 is 11.1 Å².